The van der Waals surface area contributed by atoms with Crippen molar-refractivity contribution in [1.29, 1.82) is 0 Å². The molecule has 0 unspecified atom stereocenters. The van der Waals surface area contributed by atoms with Gasteiger partial charge in [0.1, 0.15) is 0 Å². The molecule has 0 atom stereocenters. The molecule has 0 N–H and O–H groups in total. The van der Waals surface area contributed by atoms with Crippen molar-refractivity contribution in [2.24, 2.45) is 0 Å². The van der Waals surface area contributed by atoms with Gasteiger partial charge in [0.15, 0.2) is 0 Å². The lowest BCUT2D eigenvalue weighted by atomic mass is 10.4. The van der Waals surface area contributed by atoms with Gasteiger partial charge in [-0.2, -0.15) is 0 Å². The van der Waals surface area contributed by atoms with Crippen LogP contribution in [-0.4, -0.2) is 24.5 Å². The summed E-state index contributed by atoms with van der Waals surface area (Å²) in [7, 11) is 0. The van der Waals surface area contributed by atoms with E-state index in [1.165, 1.54) is 13.0 Å². The van der Waals surface area contributed by atoms with Gasteiger partial charge in [-0.25, -0.2) is 0 Å². The van der Waals surface area contributed by atoms with Gasteiger partial charge >= 0.3 is 0 Å². The quantitative estimate of drug-likeness (QED) is 0.530. The minimum absolute atomic E-state index is 1.05. The van der Waals surface area contributed by atoms with Crippen LogP contribution in [0.2, 0.25) is 0 Å². The summed E-state index contributed by atoms with van der Waals surface area (Å²) in [5.74, 6) is 0. The van der Waals surface area contributed by atoms with Gasteiger partial charge in [0.05, 0.1) is 0 Å². The Hall–Kier alpha value is -0.560. The number of likely N-dealkylation sites (N-methyl/N-ethyl adjacent to an activating group) is 1. The van der Waals surface area contributed by atoms with Gasteiger partial charge in [-0.15, -0.1) is 0 Å². The van der Waals surface area contributed by atoms with Crippen LogP contribution in [0.5, 0.6) is 0 Å². The van der Waals surface area contributed by atoms with Crippen molar-refractivity contribution in [3.05, 3.63) is 24.8 Å². The number of nitrogens with zero attached hydrogens (tertiary/aromatic N) is 1. The van der Waals surface area contributed by atoms with Gasteiger partial charge in [-0.3, -0.25) is 4.90 Å². The summed E-state index contributed by atoms with van der Waals surface area (Å²) < 4.78 is 0. The molecule has 0 aromatic rings. The molecule has 0 bridgehead atoms. The van der Waals surface area contributed by atoms with Crippen LogP contribution in [0.4, 0.5) is 0 Å². The molecule has 1 nitrogen and oxygen atoms in total. The maximum Gasteiger partial charge on any atom is 0.0166 e. The minimum Gasteiger partial charge on any atom is -0.300 e. The van der Waals surface area contributed by atoms with Gasteiger partial charge in [-0.1, -0.05) is 38.7 Å². The number of rotatable bonds is 6. The summed E-state index contributed by atoms with van der Waals surface area (Å²) in [6, 6.07) is 0. The van der Waals surface area contributed by atoms with E-state index in [0.29, 0.717) is 0 Å². The first-order valence-electron chi connectivity index (χ1n) is 4.35. The summed E-state index contributed by atoms with van der Waals surface area (Å²) in [6.45, 7) is 11.4. The second-order valence-electron chi connectivity index (χ2n) is 2.56. The Morgan fingerprint density at radius 3 is 2.55 bits per heavy atom. The topological polar surface area (TPSA) is 3.24 Å². The normalized spacial score (nSPS) is 11.2. The smallest absolute Gasteiger partial charge is 0.0166 e. The van der Waals surface area contributed by atoms with E-state index in [1.807, 2.05) is 12.2 Å². The molecule has 0 amide bonds. The molecular formula is C10H19N. The minimum atomic E-state index is 1.05. The molecule has 0 fully saturated rings. The third-order valence-electron chi connectivity index (χ3n) is 1.62. The highest BCUT2D eigenvalue weighted by Crippen LogP contribution is 1.90. The molecule has 0 aliphatic carbocycles. The van der Waals surface area contributed by atoms with E-state index in [4.69, 9.17) is 0 Å². The first-order valence-corrected chi connectivity index (χ1v) is 4.35. The second kappa shape index (κ2) is 7.55. The molecule has 0 aromatic carbocycles. The molecule has 1 heteroatoms. The van der Waals surface area contributed by atoms with Crippen LogP contribution in [0.25, 0.3) is 0 Å². The van der Waals surface area contributed by atoms with E-state index in [-0.39, 0.29) is 0 Å². The summed E-state index contributed by atoms with van der Waals surface area (Å²) in [5.41, 5.74) is 0. The van der Waals surface area contributed by atoms with Crippen LogP contribution < -0.4 is 0 Å². The van der Waals surface area contributed by atoms with Gasteiger partial charge in [0.25, 0.3) is 0 Å². The summed E-state index contributed by atoms with van der Waals surface area (Å²) in [4.78, 5) is 2.40. The van der Waals surface area contributed by atoms with E-state index >= 15 is 0 Å². The fourth-order valence-corrected chi connectivity index (χ4v) is 1.00. The zero-order valence-electron chi connectivity index (χ0n) is 7.71. The van der Waals surface area contributed by atoms with Crippen molar-refractivity contribution >= 4 is 0 Å². The third-order valence-corrected chi connectivity index (χ3v) is 1.62. The van der Waals surface area contributed by atoms with Gasteiger partial charge < -0.3 is 0 Å². The summed E-state index contributed by atoms with van der Waals surface area (Å²) in [5, 5.41) is 0. The van der Waals surface area contributed by atoms with Gasteiger partial charge in [0, 0.05) is 6.54 Å². The first-order chi connectivity index (χ1) is 5.35. The zero-order valence-corrected chi connectivity index (χ0v) is 7.71. The Labute approximate surface area is 70.4 Å². The number of allylic oxidation sites excluding steroid dienone is 2. The van der Waals surface area contributed by atoms with Crippen LogP contribution in [-0.2, 0) is 0 Å². The van der Waals surface area contributed by atoms with Gasteiger partial charge in [-0.05, 0) is 19.5 Å². The lowest BCUT2D eigenvalue weighted by Crippen LogP contribution is -2.23. The van der Waals surface area contributed by atoms with Crippen LogP contribution in [0.15, 0.2) is 24.8 Å². The van der Waals surface area contributed by atoms with Crippen molar-refractivity contribution in [3.8, 4) is 0 Å². The predicted octanol–water partition coefficient (Wildman–Crippen LogP) is 2.46. The van der Waals surface area contributed by atoms with Crippen molar-refractivity contribution in [2.45, 2.75) is 20.3 Å². The molecule has 0 saturated heterocycles. The Balaban J connectivity index is 3.50. The Morgan fingerprint density at radius 2 is 2.09 bits per heavy atom. The van der Waals surface area contributed by atoms with Crippen molar-refractivity contribution in [1.82, 2.24) is 4.90 Å². The standard InChI is InChI=1S/C10H19N/c1-4-7-8-10-11(6-3)9-5-2/h4,7-8H,1,5-6,9-10H2,2-3H3/b8-7+. The summed E-state index contributed by atoms with van der Waals surface area (Å²) in [6.07, 6.45) is 7.19. The van der Waals surface area contributed by atoms with Crippen LogP contribution in [0.1, 0.15) is 20.3 Å². The Kier molecular flexibility index (Phi) is 7.16. The molecule has 0 aliphatic rings. The highest BCUT2D eigenvalue weighted by atomic mass is 15.1. The Morgan fingerprint density at radius 1 is 1.36 bits per heavy atom. The molecule has 0 heterocycles. The highest BCUT2D eigenvalue weighted by Gasteiger charge is 1.94. The lowest BCUT2D eigenvalue weighted by molar-refractivity contribution is 0.320. The Bertz CT molecular complexity index is 116. The van der Waals surface area contributed by atoms with E-state index < -0.39 is 0 Å². The largest absolute Gasteiger partial charge is 0.300 e. The maximum atomic E-state index is 3.62. The molecule has 0 radical (unpaired) electrons. The average Bonchev–Trinajstić information content (AvgIpc) is 2.03. The van der Waals surface area contributed by atoms with Crippen molar-refractivity contribution in [3.63, 3.8) is 0 Å². The predicted molar refractivity (Wildman–Crippen MR) is 51.7 cm³/mol. The fraction of sp³-hybridized carbons (Fsp3) is 0.600. The zero-order chi connectivity index (χ0) is 8.53. The van der Waals surface area contributed by atoms with Crippen LogP contribution >= 0.6 is 0 Å². The molecule has 0 aliphatic heterocycles. The maximum absolute atomic E-state index is 3.62. The molecule has 0 saturated carbocycles. The lowest BCUT2D eigenvalue weighted by Gasteiger charge is -2.16. The van der Waals surface area contributed by atoms with Crippen molar-refractivity contribution < 1.29 is 0 Å². The van der Waals surface area contributed by atoms with E-state index in [2.05, 4.69) is 31.4 Å². The molecule has 64 valence electrons. The van der Waals surface area contributed by atoms with E-state index in [1.54, 1.807) is 0 Å². The van der Waals surface area contributed by atoms with Crippen molar-refractivity contribution in [2.75, 3.05) is 19.6 Å². The average molecular weight is 153 g/mol. The van der Waals surface area contributed by atoms with Crippen LogP contribution in [0, 0.1) is 0 Å². The molecule has 0 rings (SSSR count). The molecule has 11 heavy (non-hydrogen) atoms. The second-order valence-corrected chi connectivity index (χ2v) is 2.56. The third kappa shape index (κ3) is 5.86. The highest BCUT2D eigenvalue weighted by molar-refractivity contribution is 4.98. The van der Waals surface area contributed by atoms with Gasteiger partial charge in [0.2, 0.25) is 0 Å². The SMILES string of the molecule is C=C/C=C/CN(CC)CCC. The fourth-order valence-electron chi connectivity index (χ4n) is 1.00. The van der Waals surface area contributed by atoms with Crippen LogP contribution in [0.3, 0.4) is 0 Å². The molecule has 0 aromatic heterocycles. The molecule has 0 spiro atoms. The van der Waals surface area contributed by atoms with E-state index in [0.717, 1.165) is 13.1 Å². The molecular weight excluding hydrogens is 134 g/mol. The number of hydrogen-bond acceptors (Lipinski definition) is 1. The first kappa shape index (κ1) is 10.4. The monoisotopic (exact) mass is 153 g/mol. The number of hydrogen-bond donors (Lipinski definition) is 0. The van der Waals surface area contributed by atoms with E-state index in [9.17, 15) is 0 Å². The summed E-state index contributed by atoms with van der Waals surface area (Å²) >= 11 is 0.